The maximum absolute atomic E-state index is 12.5. The van der Waals surface area contributed by atoms with Gasteiger partial charge >= 0.3 is 0 Å². The van der Waals surface area contributed by atoms with Crippen molar-refractivity contribution in [1.82, 2.24) is 9.97 Å². The number of anilines is 1. The molecule has 26 heavy (non-hydrogen) atoms. The molecule has 0 radical (unpaired) electrons. The van der Waals surface area contributed by atoms with Gasteiger partial charge in [0, 0.05) is 16.0 Å². The van der Waals surface area contributed by atoms with E-state index in [1.165, 1.54) is 22.2 Å². The highest BCUT2D eigenvalue weighted by atomic mass is 32.2. The molecule has 3 aromatic rings. The Morgan fingerprint density at radius 3 is 2.65 bits per heavy atom. The van der Waals surface area contributed by atoms with Crippen molar-refractivity contribution in [3.8, 4) is 0 Å². The van der Waals surface area contributed by atoms with Crippen LogP contribution in [0.4, 0.5) is 5.69 Å². The summed E-state index contributed by atoms with van der Waals surface area (Å²) in [7, 11) is 0. The molecule has 2 aromatic heterocycles. The topological polar surface area (TPSA) is 54.9 Å². The standard InChI is InChI=1S/C20H23N3OS2/c1-11(2)15-8-6-7-9-16(15)23-17(24)10-25-19-18-12(3)13(4)26-20(18)22-14(5)21-19/h6-9,11H,10H2,1-5H3,(H,23,24). The number of nitrogens with zero attached hydrogens (tertiary/aromatic N) is 2. The van der Waals surface area contributed by atoms with Crippen LogP contribution in [0.1, 0.15) is 41.6 Å². The summed E-state index contributed by atoms with van der Waals surface area (Å²) >= 11 is 3.16. The van der Waals surface area contributed by atoms with Gasteiger partial charge in [0.2, 0.25) is 5.91 Å². The Labute approximate surface area is 162 Å². The summed E-state index contributed by atoms with van der Waals surface area (Å²) in [6, 6.07) is 7.96. The summed E-state index contributed by atoms with van der Waals surface area (Å²) in [5, 5.41) is 5.02. The minimum absolute atomic E-state index is 0.0166. The molecule has 0 spiro atoms. The maximum Gasteiger partial charge on any atom is 0.234 e. The van der Waals surface area contributed by atoms with Crippen LogP contribution < -0.4 is 5.32 Å². The second-order valence-corrected chi connectivity index (χ2v) is 8.79. The van der Waals surface area contributed by atoms with E-state index >= 15 is 0 Å². The number of fused-ring (bicyclic) bond motifs is 1. The van der Waals surface area contributed by atoms with Gasteiger partial charge in [0.05, 0.1) is 5.75 Å². The van der Waals surface area contributed by atoms with E-state index in [1.807, 2.05) is 25.1 Å². The molecule has 0 bridgehead atoms. The number of aryl methyl sites for hydroxylation is 3. The van der Waals surface area contributed by atoms with Gasteiger partial charge in [-0.2, -0.15) is 0 Å². The fraction of sp³-hybridized carbons (Fsp3) is 0.350. The molecule has 1 N–H and O–H groups in total. The average molecular weight is 386 g/mol. The molecular weight excluding hydrogens is 362 g/mol. The van der Waals surface area contributed by atoms with Crippen molar-refractivity contribution in [3.63, 3.8) is 0 Å². The number of hydrogen-bond donors (Lipinski definition) is 1. The van der Waals surface area contributed by atoms with E-state index in [9.17, 15) is 4.79 Å². The summed E-state index contributed by atoms with van der Waals surface area (Å²) in [5.41, 5.74) is 3.24. The first-order valence-corrected chi connectivity index (χ1v) is 10.4. The summed E-state index contributed by atoms with van der Waals surface area (Å²) in [5.74, 6) is 1.41. The van der Waals surface area contributed by atoms with Gasteiger partial charge in [-0.05, 0) is 43.9 Å². The van der Waals surface area contributed by atoms with E-state index in [-0.39, 0.29) is 5.91 Å². The van der Waals surface area contributed by atoms with E-state index in [1.54, 1.807) is 11.3 Å². The zero-order valence-electron chi connectivity index (χ0n) is 15.7. The lowest BCUT2D eigenvalue weighted by Gasteiger charge is -2.13. The Balaban J connectivity index is 1.78. The molecular formula is C20H23N3OS2. The first-order chi connectivity index (χ1) is 12.4. The third-order valence-corrected chi connectivity index (χ3v) is 6.38. The van der Waals surface area contributed by atoms with Gasteiger partial charge in [0.1, 0.15) is 15.7 Å². The zero-order valence-corrected chi connectivity index (χ0v) is 17.3. The third kappa shape index (κ3) is 3.91. The smallest absolute Gasteiger partial charge is 0.234 e. The number of carbonyl (C=O) groups excluding carboxylic acids is 1. The second kappa shape index (κ2) is 7.76. The lowest BCUT2D eigenvalue weighted by Crippen LogP contribution is -2.15. The number of para-hydroxylation sites is 1. The molecule has 0 fully saturated rings. The lowest BCUT2D eigenvalue weighted by atomic mass is 10.0. The van der Waals surface area contributed by atoms with Crippen LogP contribution in [0.5, 0.6) is 0 Å². The lowest BCUT2D eigenvalue weighted by molar-refractivity contribution is -0.113. The van der Waals surface area contributed by atoms with Gasteiger partial charge < -0.3 is 5.32 Å². The van der Waals surface area contributed by atoms with Crippen LogP contribution in [0.15, 0.2) is 29.3 Å². The Morgan fingerprint density at radius 1 is 1.19 bits per heavy atom. The van der Waals surface area contributed by atoms with Crippen molar-refractivity contribution in [2.75, 3.05) is 11.1 Å². The molecule has 6 heteroatoms. The van der Waals surface area contributed by atoms with E-state index in [4.69, 9.17) is 0 Å². The summed E-state index contributed by atoms with van der Waals surface area (Å²) in [4.78, 5) is 23.9. The van der Waals surface area contributed by atoms with Crippen LogP contribution in [0.2, 0.25) is 0 Å². The monoisotopic (exact) mass is 385 g/mol. The summed E-state index contributed by atoms with van der Waals surface area (Å²) in [6.45, 7) is 10.3. The van der Waals surface area contributed by atoms with Crippen molar-refractivity contribution >= 4 is 44.9 Å². The molecule has 1 aromatic carbocycles. The van der Waals surface area contributed by atoms with Crippen LogP contribution >= 0.6 is 23.1 Å². The molecule has 0 aliphatic carbocycles. The van der Waals surface area contributed by atoms with Gasteiger partial charge in [0.25, 0.3) is 0 Å². The van der Waals surface area contributed by atoms with Crippen molar-refractivity contribution in [2.24, 2.45) is 0 Å². The second-order valence-electron chi connectivity index (χ2n) is 6.62. The molecule has 3 rings (SSSR count). The Kier molecular flexibility index (Phi) is 5.63. The number of rotatable bonds is 5. The summed E-state index contributed by atoms with van der Waals surface area (Å²) in [6.07, 6.45) is 0. The first kappa shape index (κ1) is 18.9. The fourth-order valence-electron chi connectivity index (χ4n) is 2.85. The quantitative estimate of drug-likeness (QED) is 0.467. The SMILES string of the molecule is Cc1nc(SCC(=O)Nc2ccccc2C(C)C)c2c(C)c(C)sc2n1. The van der Waals surface area contributed by atoms with Crippen molar-refractivity contribution in [3.05, 3.63) is 46.1 Å². The van der Waals surface area contributed by atoms with E-state index in [0.29, 0.717) is 11.7 Å². The molecule has 4 nitrogen and oxygen atoms in total. The number of nitrogens with one attached hydrogen (secondary N) is 1. The molecule has 0 aliphatic rings. The molecule has 2 heterocycles. The normalized spacial score (nSPS) is 11.3. The predicted molar refractivity (Wildman–Crippen MR) is 112 cm³/mol. The first-order valence-electron chi connectivity index (χ1n) is 8.62. The average Bonchev–Trinajstić information content (AvgIpc) is 2.87. The fourth-order valence-corrected chi connectivity index (χ4v) is 4.92. The summed E-state index contributed by atoms with van der Waals surface area (Å²) < 4.78 is 0. The Bertz CT molecular complexity index is 963. The molecule has 0 unspecified atom stereocenters. The number of benzene rings is 1. The molecule has 0 saturated heterocycles. The molecule has 136 valence electrons. The zero-order chi connectivity index (χ0) is 18.8. The Morgan fingerprint density at radius 2 is 1.92 bits per heavy atom. The molecule has 0 saturated carbocycles. The van der Waals surface area contributed by atoms with Crippen molar-refractivity contribution in [1.29, 1.82) is 0 Å². The number of carbonyl (C=O) groups is 1. The maximum atomic E-state index is 12.5. The highest BCUT2D eigenvalue weighted by molar-refractivity contribution is 8.00. The van der Waals surface area contributed by atoms with Gasteiger partial charge in [-0.25, -0.2) is 9.97 Å². The minimum Gasteiger partial charge on any atom is -0.325 e. The number of aromatic nitrogens is 2. The van der Waals surface area contributed by atoms with Crippen LogP contribution in [-0.4, -0.2) is 21.6 Å². The van der Waals surface area contributed by atoms with E-state index in [0.717, 1.165) is 32.3 Å². The van der Waals surface area contributed by atoms with Gasteiger partial charge in [-0.3, -0.25) is 4.79 Å². The van der Waals surface area contributed by atoms with Crippen molar-refractivity contribution < 1.29 is 4.79 Å². The predicted octanol–water partition coefficient (Wildman–Crippen LogP) is 5.47. The van der Waals surface area contributed by atoms with Gasteiger partial charge in [-0.15, -0.1) is 11.3 Å². The van der Waals surface area contributed by atoms with Gasteiger partial charge in [-0.1, -0.05) is 43.8 Å². The Hall–Kier alpha value is -1.92. The van der Waals surface area contributed by atoms with E-state index < -0.39 is 0 Å². The highest BCUT2D eigenvalue weighted by Gasteiger charge is 2.16. The number of hydrogen-bond acceptors (Lipinski definition) is 5. The van der Waals surface area contributed by atoms with Gasteiger partial charge in [0.15, 0.2) is 0 Å². The van der Waals surface area contributed by atoms with Crippen LogP contribution in [0.25, 0.3) is 10.2 Å². The number of amides is 1. The van der Waals surface area contributed by atoms with Crippen molar-refractivity contribution in [2.45, 2.75) is 45.6 Å². The third-order valence-electron chi connectivity index (χ3n) is 4.30. The minimum atomic E-state index is -0.0166. The highest BCUT2D eigenvalue weighted by Crippen LogP contribution is 2.35. The number of thioether (sulfide) groups is 1. The molecule has 1 amide bonds. The van der Waals surface area contributed by atoms with Crippen LogP contribution in [0.3, 0.4) is 0 Å². The molecule has 0 aliphatic heterocycles. The molecule has 0 atom stereocenters. The van der Waals surface area contributed by atoms with Crippen LogP contribution in [0, 0.1) is 20.8 Å². The largest absolute Gasteiger partial charge is 0.325 e. The van der Waals surface area contributed by atoms with Crippen LogP contribution in [-0.2, 0) is 4.79 Å². The van der Waals surface area contributed by atoms with E-state index in [2.05, 4.69) is 49.0 Å². The number of thiophene rings is 1.